The van der Waals surface area contributed by atoms with Crippen LogP contribution in [-0.2, 0) is 16.8 Å². The van der Waals surface area contributed by atoms with Gasteiger partial charge in [-0.2, -0.15) is 0 Å². The minimum absolute atomic E-state index is 0.146. The highest BCUT2D eigenvalue weighted by Gasteiger charge is 2.02. The molecule has 2 nitrogen and oxygen atoms in total. The smallest absolute Gasteiger partial charge is 0.157 e. The van der Waals surface area contributed by atoms with Crippen molar-refractivity contribution in [3.8, 4) is 0 Å². The van der Waals surface area contributed by atoms with Crippen molar-refractivity contribution in [3.05, 3.63) is 35.6 Å². The Kier molecular flexibility index (Phi) is 2.73. The zero-order valence-corrected chi connectivity index (χ0v) is 6.47. The van der Waals surface area contributed by atoms with Crippen molar-refractivity contribution in [3.63, 3.8) is 0 Å². The van der Waals surface area contributed by atoms with Crippen molar-refractivity contribution in [2.75, 3.05) is 0 Å². The summed E-state index contributed by atoms with van der Waals surface area (Å²) in [6.07, 6.45) is 0. The fourth-order valence-corrected chi connectivity index (χ4v) is 1.25. The van der Waals surface area contributed by atoms with Crippen molar-refractivity contribution in [1.82, 2.24) is 0 Å². The Balaban J connectivity index is 2.86. The molecule has 0 saturated heterocycles. The number of hydrogen-bond acceptors (Lipinski definition) is 1. The summed E-state index contributed by atoms with van der Waals surface area (Å²) < 4.78 is 31.4. The molecule has 0 aliphatic rings. The number of rotatable bonds is 2. The van der Waals surface area contributed by atoms with E-state index in [-0.39, 0.29) is 11.3 Å². The second-order valence-corrected chi connectivity index (χ2v) is 2.99. The molecule has 0 spiro atoms. The first-order valence-electron chi connectivity index (χ1n) is 3.01. The average Bonchev–Trinajstić information content (AvgIpc) is 1.93. The lowest BCUT2D eigenvalue weighted by Gasteiger charge is -1.97. The van der Waals surface area contributed by atoms with E-state index < -0.39 is 16.9 Å². The Morgan fingerprint density at radius 2 is 2.09 bits per heavy atom. The first-order valence-corrected chi connectivity index (χ1v) is 4.28. The van der Waals surface area contributed by atoms with Gasteiger partial charge in [-0.1, -0.05) is 18.2 Å². The molecule has 1 rings (SSSR count). The highest BCUT2D eigenvalue weighted by atomic mass is 32.2. The molecule has 4 heteroatoms. The normalized spacial score (nSPS) is 12.9. The van der Waals surface area contributed by atoms with Crippen LogP contribution in [0.25, 0.3) is 0 Å². The lowest BCUT2D eigenvalue weighted by molar-refractivity contribution is 0.559. The zero-order valence-electron chi connectivity index (χ0n) is 5.66. The summed E-state index contributed by atoms with van der Waals surface area (Å²) in [5.74, 6) is -0.581. The molecule has 0 aromatic heterocycles. The average molecular weight is 174 g/mol. The highest BCUT2D eigenvalue weighted by molar-refractivity contribution is 7.78. The minimum atomic E-state index is -1.97. The molecule has 60 valence electrons. The summed E-state index contributed by atoms with van der Waals surface area (Å²) in [5, 5.41) is 0. The van der Waals surface area contributed by atoms with E-state index in [9.17, 15) is 8.60 Å². The summed E-state index contributed by atoms with van der Waals surface area (Å²) in [7, 11) is 0. The molecule has 0 fully saturated rings. The lowest BCUT2D eigenvalue weighted by atomic mass is 10.2. The van der Waals surface area contributed by atoms with E-state index in [1.807, 2.05) is 0 Å². The van der Waals surface area contributed by atoms with Crippen molar-refractivity contribution < 1.29 is 13.2 Å². The third-order valence-corrected chi connectivity index (χ3v) is 1.79. The predicted octanol–water partition coefficient (Wildman–Crippen LogP) is 1.55. The first-order chi connectivity index (χ1) is 5.20. The van der Waals surface area contributed by atoms with Crippen LogP contribution in [0.1, 0.15) is 5.56 Å². The van der Waals surface area contributed by atoms with E-state index in [1.54, 1.807) is 12.1 Å². The van der Waals surface area contributed by atoms with Crippen LogP contribution in [0.15, 0.2) is 24.3 Å². The Labute approximate surface area is 66.3 Å². The van der Waals surface area contributed by atoms with Crippen LogP contribution in [0, 0.1) is 5.82 Å². The van der Waals surface area contributed by atoms with Crippen molar-refractivity contribution in [2.24, 2.45) is 0 Å². The maximum Gasteiger partial charge on any atom is 0.157 e. The molecule has 1 N–H and O–H groups in total. The Hall–Kier alpha value is -0.740. The van der Waals surface area contributed by atoms with Crippen LogP contribution in [-0.4, -0.2) is 8.76 Å². The second kappa shape index (κ2) is 3.59. The monoisotopic (exact) mass is 174 g/mol. The molecule has 0 aliphatic heterocycles. The van der Waals surface area contributed by atoms with Crippen molar-refractivity contribution in [1.29, 1.82) is 0 Å². The van der Waals surface area contributed by atoms with Crippen LogP contribution < -0.4 is 0 Å². The Morgan fingerprint density at radius 1 is 1.45 bits per heavy atom. The maximum atomic E-state index is 12.7. The molecule has 0 saturated carbocycles. The maximum absolute atomic E-state index is 12.7. The van der Waals surface area contributed by atoms with Gasteiger partial charge < -0.3 is 4.55 Å². The van der Waals surface area contributed by atoms with E-state index in [2.05, 4.69) is 0 Å². The molecule has 1 unspecified atom stereocenters. The number of hydrogen-bond donors (Lipinski definition) is 1. The molecule has 0 amide bonds. The molecule has 0 heterocycles. The zero-order chi connectivity index (χ0) is 8.27. The van der Waals surface area contributed by atoms with Gasteiger partial charge in [-0.3, -0.25) is 0 Å². The molecule has 1 aromatic carbocycles. The van der Waals surface area contributed by atoms with Gasteiger partial charge in [0.15, 0.2) is 11.1 Å². The first kappa shape index (κ1) is 8.36. The van der Waals surface area contributed by atoms with Gasteiger partial charge in [-0.25, -0.2) is 8.60 Å². The van der Waals surface area contributed by atoms with E-state index in [4.69, 9.17) is 4.55 Å². The largest absolute Gasteiger partial charge is 0.306 e. The van der Waals surface area contributed by atoms with E-state index in [0.717, 1.165) is 0 Å². The molecule has 0 bridgehead atoms. The molecular weight excluding hydrogens is 167 g/mol. The van der Waals surface area contributed by atoms with Crippen LogP contribution in [0.2, 0.25) is 0 Å². The standard InChI is InChI=1S/C7H7FO2S/c8-7-4-2-1-3-6(7)5-11(9)10/h1-4H,5H2,(H,9,10). The van der Waals surface area contributed by atoms with Gasteiger partial charge >= 0.3 is 0 Å². The quantitative estimate of drug-likeness (QED) is 0.690. The third kappa shape index (κ3) is 2.40. The fourth-order valence-electron chi connectivity index (χ4n) is 0.748. The van der Waals surface area contributed by atoms with Gasteiger partial charge in [-0.05, 0) is 6.07 Å². The van der Waals surface area contributed by atoms with Crippen LogP contribution in [0.5, 0.6) is 0 Å². The number of benzene rings is 1. The molecule has 0 aliphatic carbocycles. The van der Waals surface area contributed by atoms with E-state index in [1.165, 1.54) is 12.1 Å². The van der Waals surface area contributed by atoms with E-state index >= 15 is 0 Å². The molecular formula is C7H7FO2S. The fraction of sp³-hybridized carbons (Fsp3) is 0.143. The summed E-state index contributed by atoms with van der Waals surface area (Å²) >= 11 is -1.97. The van der Waals surface area contributed by atoms with Gasteiger partial charge in [0.2, 0.25) is 0 Å². The Bertz CT molecular complexity index is 275. The molecule has 1 atom stereocenters. The van der Waals surface area contributed by atoms with Gasteiger partial charge in [0, 0.05) is 5.56 Å². The van der Waals surface area contributed by atoms with Crippen LogP contribution in [0.4, 0.5) is 4.39 Å². The molecule has 11 heavy (non-hydrogen) atoms. The topological polar surface area (TPSA) is 37.3 Å². The van der Waals surface area contributed by atoms with Crippen LogP contribution >= 0.6 is 0 Å². The van der Waals surface area contributed by atoms with Gasteiger partial charge in [-0.15, -0.1) is 0 Å². The third-order valence-electron chi connectivity index (χ3n) is 1.24. The SMILES string of the molecule is O=S(O)Cc1ccccc1F. The second-order valence-electron chi connectivity index (χ2n) is 2.06. The highest BCUT2D eigenvalue weighted by Crippen LogP contribution is 2.07. The Morgan fingerprint density at radius 3 is 2.64 bits per heavy atom. The summed E-state index contributed by atoms with van der Waals surface area (Å²) in [6.45, 7) is 0. The predicted molar refractivity (Wildman–Crippen MR) is 40.9 cm³/mol. The minimum Gasteiger partial charge on any atom is -0.306 e. The van der Waals surface area contributed by atoms with Crippen molar-refractivity contribution in [2.45, 2.75) is 5.75 Å². The van der Waals surface area contributed by atoms with Crippen LogP contribution in [0.3, 0.4) is 0 Å². The molecule has 1 aromatic rings. The summed E-state index contributed by atoms with van der Waals surface area (Å²) in [6, 6.07) is 5.93. The van der Waals surface area contributed by atoms with Gasteiger partial charge in [0.25, 0.3) is 0 Å². The number of halogens is 1. The summed E-state index contributed by atoms with van der Waals surface area (Å²) in [5.41, 5.74) is 0.272. The summed E-state index contributed by atoms with van der Waals surface area (Å²) in [4.78, 5) is 0. The lowest BCUT2D eigenvalue weighted by Crippen LogP contribution is -1.95. The van der Waals surface area contributed by atoms with Gasteiger partial charge in [0.05, 0.1) is 5.75 Å². The molecule has 0 radical (unpaired) electrons. The van der Waals surface area contributed by atoms with Gasteiger partial charge in [0.1, 0.15) is 5.82 Å². The van der Waals surface area contributed by atoms with E-state index in [0.29, 0.717) is 0 Å². The van der Waals surface area contributed by atoms with Crippen molar-refractivity contribution >= 4 is 11.1 Å².